The van der Waals surface area contributed by atoms with Gasteiger partial charge in [0.15, 0.2) is 5.82 Å². The fraction of sp³-hybridized carbons (Fsp3) is 0. The van der Waals surface area contributed by atoms with Crippen molar-refractivity contribution in [2.45, 2.75) is 0 Å². The van der Waals surface area contributed by atoms with Crippen LogP contribution in [-0.4, -0.2) is 15.9 Å². The Morgan fingerprint density at radius 1 is 1.00 bits per heavy atom. The van der Waals surface area contributed by atoms with Crippen molar-refractivity contribution in [2.24, 2.45) is 10.2 Å². The first-order valence-electron chi connectivity index (χ1n) is 7.40. The van der Waals surface area contributed by atoms with Gasteiger partial charge < -0.3 is 10.7 Å². The van der Waals surface area contributed by atoms with Gasteiger partial charge in [-0.1, -0.05) is 36.4 Å². The molecular weight excluding hydrogens is 302 g/mol. The number of nitrogen functional groups attached to an aromatic ring is 1. The van der Waals surface area contributed by atoms with Crippen molar-refractivity contribution >= 4 is 39.1 Å². The molecule has 0 aliphatic carbocycles. The largest absolute Gasteiger partial charge is 0.385 e. The molecule has 4 rings (SSSR count). The van der Waals surface area contributed by atoms with E-state index in [9.17, 15) is 4.79 Å². The SMILES string of the molecule is Nc1[nH]c(N=NC(=O)c2ccccn2)c2c1ccc1ccccc12. The van der Waals surface area contributed by atoms with Gasteiger partial charge in [-0.25, -0.2) is 0 Å². The molecular formula is C18H13N5O. The lowest BCUT2D eigenvalue weighted by Gasteiger charge is -2.00. The van der Waals surface area contributed by atoms with Gasteiger partial charge in [-0.05, 0) is 29.0 Å². The summed E-state index contributed by atoms with van der Waals surface area (Å²) < 4.78 is 0. The van der Waals surface area contributed by atoms with E-state index < -0.39 is 5.91 Å². The minimum Gasteiger partial charge on any atom is -0.385 e. The summed E-state index contributed by atoms with van der Waals surface area (Å²) in [5, 5.41) is 11.6. The number of benzene rings is 2. The fourth-order valence-electron chi connectivity index (χ4n) is 2.72. The number of azo groups is 1. The number of pyridine rings is 1. The summed E-state index contributed by atoms with van der Waals surface area (Å²) in [6.45, 7) is 0. The molecule has 24 heavy (non-hydrogen) atoms. The van der Waals surface area contributed by atoms with E-state index in [0.717, 1.165) is 21.5 Å². The number of carbonyl (C=O) groups is 1. The molecule has 0 saturated heterocycles. The number of aromatic amines is 1. The molecule has 1 amide bonds. The predicted molar refractivity (Wildman–Crippen MR) is 93.3 cm³/mol. The smallest absolute Gasteiger partial charge is 0.313 e. The van der Waals surface area contributed by atoms with E-state index in [2.05, 4.69) is 20.2 Å². The van der Waals surface area contributed by atoms with Crippen molar-refractivity contribution in [2.75, 3.05) is 5.73 Å². The minimum atomic E-state index is -0.503. The average molecular weight is 315 g/mol. The van der Waals surface area contributed by atoms with Gasteiger partial charge >= 0.3 is 5.91 Å². The lowest BCUT2D eigenvalue weighted by molar-refractivity contribution is 0.0990. The maximum Gasteiger partial charge on any atom is 0.313 e. The van der Waals surface area contributed by atoms with Crippen LogP contribution >= 0.6 is 0 Å². The summed E-state index contributed by atoms with van der Waals surface area (Å²) in [5.41, 5.74) is 6.28. The third kappa shape index (κ3) is 2.30. The molecule has 4 aromatic rings. The number of amides is 1. The van der Waals surface area contributed by atoms with E-state index in [4.69, 9.17) is 5.73 Å². The second kappa shape index (κ2) is 5.58. The molecule has 0 bridgehead atoms. The Hall–Kier alpha value is -3.54. The van der Waals surface area contributed by atoms with Crippen molar-refractivity contribution in [1.82, 2.24) is 9.97 Å². The van der Waals surface area contributed by atoms with E-state index >= 15 is 0 Å². The second-order valence-corrected chi connectivity index (χ2v) is 5.32. The summed E-state index contributed by atoms with van der Waals surface area (Å²) in [6, 6.07) is 16.9. The fourth-order valence-corrected chi connectivity index (χ4v) is 2.72. The average Bonchev–Trinajstić information content (AvgIpc) is 2.97. The van der Waals surface area contributed by atoms with Crippen molar-refractivity contribution in [3.05, 3.63) is 66.5 Å². The third-order valence-corrected chi connectivity index (χ3v) is 3.83. The molecule has 0 unspecified atom stereocenters. The quantitative estimate of drug-likeness (QED) is 0.542. The van der Waals surface area contributed by atoms with Crippen LogP contribution in [0.15, 0.2) is 71.0 Å². The topological polar surface area (TPSA) is 96.5 Å². The highest BCUT2D eigenvalue weighted by Crippen LogP contribution is 2.36. The lowest BCUT2D eigenvalue weighted by Crippen LogP contribution is -1.96. The number of rotatable bonds is 2. The molecule has 0 saturated carbocycles. The zero-order valence-electron chi connectivity index (χ0n) is 12.6. The molecule has 0 spiro atoms. The molecule has 2 heterocycles. The summed E-state index contributed by atoms with van der Waals surface area (Å²) >= 11 is 0. The van der Waals surface area contributed by atoms with Gasteiger partial charge in [-0.2, -0.15) is 0 Å². The van der Waals surface area contributed by atoms with E-state index in [0.29, 0.717) is 11.6 Å². The van der Waals surface area contributed by atoms with Crippen LogP contribution in [0.4, 0.5) is 11.6 Å². The number of H-pyrrole nitrogens is 1. The highest BCUT2D eigenvalue weighted by molar-refractivity contribution is 6.16. The summed E-state index contributed by atoms with van der Waals surface area (Å²) in [6.07, 6.45) is 1.54. The number of nitrogens with two attached hydrogens (primary N) is 1. The Bertz CT molecular complexity index is 1080. The van der Waals surface area contributed by atoms with Crippen molar-refractivity contribution in [3.63, 3.8) is 0 Å². The summed E-state index contributed by atoms with van der Waals surface area (Å²) in [5.74, 6) is 0.454. The number of carbonyl (C=O) groups excluding carboxylic acids is 1. The van der Waals surface area contributed by atoms with Crippen LogP contribution in [0.2, 0.25) is 0 Å². The molecule has 0 aliphatic heterocycles. The Morgan fingerprint density at radius 2 is 1.83 bits per heavy atom. The molecule has 6 nitrogen and oxygen atoms in total. The Kier molecular flexibility index (Phi) is 3.28. The van der Waals surface area contributed by atoms with E-state index in [-0.39, 0.29) is 5.69 Å². The second-order valence-electron chi connectivity index (χ2n) is 5.32. The van der Waals surface area contributed by atoms with Crippen LogP contribution in [0.5, 0.6) is 0 Å². The molecule has 0 aliphatic rings. The number of nitrogens with zero attached hydrogens (tertiary/aromatic N) is 3. The van der Waals surface area contributed by atoms with Gasteiger partial charge in [0, 0.05) is 17.0 Å². The first kappa shape index (κ1) is 14.1. The Morgan fingerprint density at radius 3 is 2.67 bits per heavy atom. The van der Waals surface area contributed by atoms with Gasteiger partial charge in [0.1, 0.15) is 11.5 Å². The first-order chi connectivity index (χ1) is 11.7. The number of hydrogen-bond donors (Lipinski definition) is 2. The van der Waals surface area contributed by atoms with Crippen LogP contribution < -0.4 is 5.73 Å². The van der Waals surface area contributed by atoms with E-state index in [1.807, 2.05) is 36.4 Å². The molecule has 0 atom stereocenters. The summed E-state index contributed by atoms with van der Waals surface area (Å²) in [7, 11) is 0. The number of nitrogens with one attached hydrogen (secondary N) is 1. The number of anilines is 1. The van der Waals surface area contributed by atoms with E-state index in [1.54, 1.807) is 18.2 Å². The monoisotopic (exact) mass is 315 g/mol. The molecule has 0 fully saturated rings. The van der Waals surface area contributed by atoms with Crippen molar-refractivity contribution < 1.29 is 4.79 Å². The van der Waals surface area contributed by atoms with Gasteiger partial charge in [0.05, 0.1) is 0 Å². The summed E-state index contributed by atoms with van der Waals surface area (Å²) in [4.78, 5) is 19.0. The maximum absolute atomic E-state index is 12.1. The number of aromatic nitrogens is 2. The highest BCUT2D eigenvalue weighted by atomic mass is 16.1. The van der Waals surface area contributed by atoms with Crippen LogP contribution in [0.3, 0.4) is 0 Å². The molecule has 3 N–H and O–H groups in total. The van der Waals surface area contributed by atoms with Gasteiger partial charge in [-0.15, -0.1) is 10.2 Å². The molecule has 6 heteroatoms. The van der Waals surface area contributed by atoms with E-state index in [1.165, 1.54) is 6.20 Å². The minimum absolute atomic E-state index is 0.245. The molecule has 0 radical (unpaired) electrons. The van der Waals surface area contributed by atoms with Crippen molar-refractivity contribution in [1.29, 1.82) is 0 Å². The zero-order chi connectivity index (χ0) is 16.5. The van der Waals surface area contributed by atoms with Crippen LogP contribution in [0.1, 0.15) is 10.5 Å². The first-order valence-corrected chi connectivity index (χ1v) is 7.40. The van der Waals surface area contributed by atoms with Crippen LogP contribution in [-0.2, 0) is 0 Å². The Labute approximate surface area is 137 Å². The van der Waals surface area contributed by atoms with Crippen LogP contribution in [0.25, 0.3) is 21.5 Å². The predicted octanol–water partition coefficient (Wildman–Crippen LogP) is 4.22. The lowest BCUT2D eigenvalue weighted by atomic mass is 10.0. The standard InChI is InChI=1S/C18H13N5O/c19-16-13-9-8-11-5-1-2-6-12(11)15(13)17(21-16)22-23-18(24)14-7-3-4-10-20-14/h1-10,21H,19H2. The molecule has 2 aromatic carbocycles. The van der Waals surface area contributed by atoms with Gasteiger partial charge in [0.25, 0.3) is 0 Å². The highest BCUT2D eigenvalue weighted by Gasteiger charge is 2.12. The normalized spacial score (nSPS) is 11.5. The molecule has 116 valence electrons. The molecule has 2 aromatic heterocycles. The third-order valence-electron chi connectivity index (χ3n) is 3.83. The van der Waals surface area contributed by atoms with Crippen molar-refractivity contribution in [3.8, 4) is 0 Å². The van der Waals surface area contributed by atoms with Gasteiger partial charge in [0.2, 0.25) is 0 Å². The number of hydrogen-bond acceptors (Lipinski definition) is 4. The Balaban J connectivity index is 1.84. The number of fused-ring (bicyclic) bond motifs is 3. The zero-order valence-corrected chi connectivity index (χ0v) is 12.6. The van der Waals surface area contributed by atoms with Gasteiger partial charge in [-0.3, -0.25) is 9.78 Å². The maximum atomic E-state index is 12.1. The van der Waals surface area contributed by atoms with Crippen LogP contribution in [0, 0.1) is 0 Å².